The van der Waals surface area contributed by atoms with Crippen LogP contribution in [0.1, 0.15) is 54.4 Å². The highest BCUT2D eigenvalue weighted by Crippen LogP contribution is 2.28. The van der Waals surface area contributed by atoms with Crippen LogP contribution in [-0.4, -0.2) is 35.6 Å². The van der Waals surface area contributed by atoms with Crippen LogP contribution in [0.15, 0.2) is 76.6 Å². The fraction of sp³-hybridized carbons (Fsp3) is 0.267. The Bertz CT molecular complexity index is 1490. The van der Waals surface area contributed by atoms with Gasteiger partial charge in [-0.2, -0.15) is 9.78 Å². The largest absolute Gasteiger partial charge is 0.494 e. The zero-order valence-corrected chi connectivity index (χ0v) is 21.8. The first-order chi connectivity index (χ1) is 18.5. The molecule has 196 valence electrons. The van der Waals surface area contributed by atoms with Crippen LogP contribution in [0.2, 0.25) is 0 Å². The van der Waals surface area contributed by atoms with E-state index in [9.17, 15) is 9.59 Å². The minimum atomic E-state index is -0.511. The first kappa shape index (κ1) is 26.6. The van der Waals surface area contributed by atoms with E-state index >= 15 is 0 Å². The zero-order valence-electron chi connectivity index (χ0n) is 21.8. The minimum absolute atomic E-state index is 0.255. The van der Waals surface area contributed by atoms with Crippen molar-refractivity contribution in [3.63, 3.8) is 0 Å². The third kappa shape index (κ3) is 6.45. The number of carbonyl (C=O) groups excluding carboxylic acids is 1. The summed E-state index contributed by atoms with van der Waals surface area (Å²) in [6.07, 6.45) is 6.06. The van der Waals surface area contributed by atoms with E-state index in [-0.39, 0.29) is 11.3 Å². The SMILES string of the molecule is CCCCCCOc1ccc(C(=O)Oc2ccc(/C=N/n3c(C)nc4ccccc4c3=O)cc2OC)cc1. The van der Waals surface area contributed by atoms with Gasteiger partial charge in [0.2, 0.25) is 0 Å². The molecule has 4 rings (SSSR count). The van der Waals surface area contributed by atoms with Gasteiger partial charge in [0, 0.05) is 0 Å². The van der Waals surface area contributed by atoms with Gasteiger partial charge in [-0.1, -0.05) is 38.3 Å². The lowest BCUT2D eigenvalue weighted by Crippen LogP contribution is -2.20. The Morgan fingerprint density at radius 3 is 2.55 bits per heavy atom. The average molecular weight is 514 g/mol. The first-order valence-electron chi connectivity index (χ1n) is 12.7. The van der Waals surface area contributed by atoms with E-state index in [1.54, 1.807) is 67.6 Å². The molecule has 4 aromatic rings. The van der Waals surface area contributed by atoms with Crippen LogP contribution in [0.5, 0.6) is 17.2 Å². The van der Waals surface area contributed by atoms with Crippen molar-refractivity contribution >= 4 is 23.1 Å². The molecule has 0 bridgehead atoms. The molecule has 8 nitrogen and oxygen atoms in total. The maximum atomic E-state index is 12.8. The number of hydrogen-bond acceptors (Lipinski definition) is 7. The van der Waals surface area contributed by atoms with E-state index in [1.165, 1.54) is 30.8 Å². The highest BCUT2D eigenvalue weighted by atomic mass is 16.6. The monoisotopic (exact) mass is 513 g/mol. The Morgan fingerprint density at radius 2 is 1.79 bits per heavy atom. The van der Waals surface area contributed by atoms with Gasteiger partial charge in [-0.25, -0.2) is 9.78 Å². The second-order valence-electron chi connectivity index (χ2n) is 8.77. The first-order valence-corrected chi connectivity index (χ1v) is 12.7. The van der Waals surface area contributed by atoms with E-state index < -0.39 is 5.97 Å². The Labute approximate surface area is 221 Å². The third-order valence-corrected chi connectivity index (χ3v) is 5.98. The summed E-state index contributed by atoms with van der Waals surface area (Å²) in [4.78, 5) is 30.0. The lowest BCUT2D eigenvalue weighted by Gasteiger charge is -2.11. The summed E-state index contributed by atoms with van der Waals surface area (Å²) in [5.41, 5.74) is 1.42. The standard InChI is InChI=1S/C30H31N3O5/c1-4-5-6-9-18-37-24-15-13-23(14-16-24)30(35)38-27-17-12-22(19-28(27)36-3)20-31-33-21(2)32-26-11-8-7-10-25(26)29(33)34/h7-8,10-17,19-20H,4-6,9,18H2,1-3H3/b31-20+. The van der Waals surface area contributed by atoms with Gasteiger partial charge in [-0.3, -0.25) is 4.79 Å². The molecule has 1 heterocycles. The quantitative estimate of drug-likeness (QED) is 0.109. The molecule has 0 saturated heterocycles. The molecule has 1 aromatic heterocycles. The van der Waals surface area contributed by atoms with Gasteiger partial charge in [0.15, 0.2) is 11.5 Å². The zero-order chi connectivity index (χ0) is 26.9. The van der Waals surface area contributed by atoms with E-state index in [2.05, 4.69) is 17.0 Å². The average Bonchev–Trinajstić information content (AvgIpc) is 2.93. The van der Waals surface area contributed by atoms with Crippen LogP contribution in [0.25, 0.3) is 10.9 Å². The Balaban J connectivity index is 1.44. The number of ether oxygens (including phenoxy) is 3. The van der Waals surface area contributed by atoms with Crippen LogP contribution < -0.4 is 19.8 Å². The van der Waals surface area contributed by atoms with Crippen LogP contribution >= 0.6 is 0 Å². The fourth-order valence-electron chi connectivity index (χ4n) is 3.91. The van der Waals surface area contributed by atoms with Crippen molar-refractivity contribution in [2.75, 3.05) is 13.7 Å². The minimum Gasteiger partial charge on any atom is -0.494 e. The number of fused-ring (bicyclic) bond motifs is 1. The Morgan fingerprint density at radius 1 is 1.00 bits per heavy atom. The number of para-hydroxylation sites is 1. The van der Waals surface area contributed by atoms with Crippen molar-refractivity contribution < 1.29 is 19.0 Å². The van der Waals surface area contributed by atoms with Gasteiger partial charge in [0.05, 0.1) is 36.4 Å². The highest BCUT2D eigenvalue weighted by molar-refractivity contribution is 5.91. The summed E-state index contributed by atoms with van der Waals surface area (Å²) in [6.45, 7) is 4.55. The molecular weight excluding hydrogens is 482 g/mol. The molecule has 0 N–H and O–H groups in total. The summed E-state index contributed by atoms with van der Waals surface area (Å²) in [5, 5.41) is 4.81. The molecule has 0 aliphatic heterocycles. The topological polar surface area (TPSA) is 92.0 Å². The predicted octanol–water partition coefficient (Wildman–Crippen LogP) is 5.77. The number of unbranched alkanes of at least 4 members (excludes halogenated alkanes) is 3. The lowest BCUT2D eigenvalue weighted by molar-refractivity contribution is 0.0729. The molecule has 8 heteroatoms. The van der Waals surface area contributed by atoms with Crippen molar-refractivity contribution in [2.24, 2.45) is 5.10 Å². The number of rotatable bonds is 11. The number of carbonyl (C=O) groups is 1. The van der Waals surface area contributed by atoms with Gasteiger partial charge in [0.1, 0.15) is 11.6 Å². The molecule has 0 atom stereocenters. The number of hydrogen-bond donors (Lipinski definition) is 0. The summed E-state index contributed by atoms with van der Waals surface area (Å²) in [5.74, 6) is 1.30. The number of aryl methyl sites for hydroxylation is 1. The second kappa shape index (κ2) is 12.7. The normalized spacial score (nSPS) is 11.1. The summed E-state index contributed by atoms with van der Waals surface area (Å²) in [7, 11) is 1.49. The summed E-state index contributed by atoms with van der Waals surface area (Å²) < 4.78 is 18.0. The van der Waals surface area contributed by atoms with Crippen molar-refractivity contribution in [1.29, 1.82) is 0 Å². The van der Waals surface area contributed by atoms with Crippen LogP contribution in [0, 0.1) is 6.92 Å². The molecule has 0 aliphatic carbocycles. The molecule has 3 aromatic carbocycles. The molecule has 0 radical (unpaired) electrons. The Hall–Kier alpha value is -4.46. The van der Waals surface area contributed by atoms with E-state index in [0.29, 0.717) is 40.2 Å². The third-order valence-electron chi connectivity index (χ3n) is 5.98. The van der Waals surface area contributed by atoms with Gasteiger partial charge >= 0.3 is 5.97 Å². The van der Waals surface area contributed by atoms with Crippen molar-refractivity contribution in [3.05, 3.63) is 94.0 Å². The molecule has 0 saturated carbocycles. The van der Waals surface area contributed by atoms with E-state index in [1.807, 2.05) is 6.07 Å². The molecule has 0 spiro atoms. The molecule has 0 aliphatic rings. The fourth-order valence-corrected chi connectivity index (χ4v) is 3.91. The van der Waals surface area contributed by atoms with E-state index in [4.69, 9.17) is 14.2 Å². The Kier molecular flexibility index (Phi) is 8.87. The maximum Gasteiger partial charge on any atom is 0.343 e. The number of nitrogens with zero attached hydrogens (tertiary/aromatic N) is 3. The number of esters is 1. The molecule has 0 unspecified atom stereocenters. The smallest absolute Gasteiger partial charge is 0.343 e. The van der Waals surface area contributed by atoms with Crippen LogP contribution in [0.4, 0.5) is 0 Å². The van der Waals surface area contributed by atoms with Gasteiger partial charge in [-0.15, -0.1) is 0 Å². The van der Waals surface area contributed by atoms with Crippen molar-refractivity contribution in [3.8, 4) is 17.2 Å². The van der Waals surface area contributed by atoms with Gasteiger partial charge < -0.3 is 14.2 Å². The predicted molar refractivity (Wildman–Crippen MR) is 148 cm³/mol. The number of aromatic nitrogens is 2. The van der Waals surface area contributed by atoms with Gasteiger partial charge in [0.25, 0.3) is 5.56 Å². The van der Waals surface area contributed by atoms with Gasteiger partial charge in [-0.05, 0) is 73.5 Å². The van der Waals surface area contributed by atoms with Crippen molar-refractivity contribution in [1.82, 2.24) is 9.66 Å². The second-order valence-corrected chi connectivity index (χ2v) is 8.77. The molecular formula is C30H31N3O5. The van der Waals surface area contributed by atoms with Crippen molar-refractivity contribution in [2.45, 2.75) is 39.5 Å². The van der Waals surface area contributed by atoms with Crippen LogP contribution in [-0.2, 0) is 0 Å². The summed E-state index contributed by atoms with van der Waals surface area (Å²) >= 11 is 0. The van der Waals surface area contributed by atoms with Crippen LogP contribution in [0.3, 0.4) is 0 Å². The number of methoxy groups -OCH3 is 1. The van der Waals surface area contributed by atoms with E-state index in [0.717, 1.165) is 18.6 Å². The maximum absolute atomic E-state index is 12.8. The molecule has 0 amide bonds. The molecule has 0 fully saturated rings. The highest BCUT2D eigenvalue weighted by Gasteiger charge is 2.13. The lowest BCUT2D eigenvalue weighted by atomic mass is 10.2. The summed E-state index contributed by atoms with van der Waals surface area (Å²) in [6, 6.07) is 19.0. The molecule has 38 heavy (non-hydrogen) atoms. The number of benzene rings is 3.